The molecule has 0 saturated carbocycles. The Kier molecular flexibility index (Phi) is 7.31. The molecule has 1 saturated heterocycles. The van der Waals surface area contributed by atoms with Gasteiger partial charge in [0.1, 0.15) is 12.4 Å². The van der Waals surface area contributed by atoms with Gasteiger partial charge >= 0.3 is 0 Å². The molecule has 0 unspecified atom stereocenters. The van der Waals surface area contributed by atoms with Crippen molar-refractivity contribution in [2.45, 2.75) is 6.61 Å². The minimum Gasteiger partial charge on any atom is -0.487 e. The lowest BCUT2D eigenvalue weighted by atomic mass is 10.2. The number of amidine groups is 1. The van der Waals surface area contributed by atoms with Gasteiger partial charge in [-0.05, 0) is 97.2 Å². The number of ether oxygens (including phenoxy) is 3. The summed E-state index contributed by atoms with van der Waals surface area (Å²) in [6, 6.07) is 14.6. The first-order chi connectivity index (χ1) is 16.9. The molecule has 3 aromatic rings. The lowest BCUT2D eigenvalue weighted by molar-refractivity contribution is -0.115. The molecule has 6 nitrogen and oxygen atoms in total. The SMILES string of the molecule is O=C1NC(=Nc2cccc(Cl)c2Cl)S/C1=C\c1cc(Br)c(OCc2ccc3c(c2)OCO3)c(Br)c1. The lowest BCUT2D eigenvalue weighted by Crippen LogP contribution is -2.19. The van der Waals surface area contributed by atoms with Crippen molar-refractivity contribution in [3.05, 3.63) is 83.6 Å². The molecular weight excluding hydrogens is 643 g/mol. The molecule has 2 heterocycles. The third-order valence-electron chi connectivity index (χ3n) is 4.94. The highest BCUT2D eigenvalue weighted by Gasteiger charge is 2.24. The summed E-state index contributed by atoms with van der Waals surface area (Å²) in [5.74, 6) is 1.83. The Morgan fingerprint density at radius 2 is 1.86 bits per heavy atom. The topological polar surface area (TPSA) is 69.2 Å². The zero-order valence-electron chi connectivity index (χ0n) is 17.6. The summed E-state index contributed by atoms with van der Waals surface area (Å²) in [4.78, 5) is 17.4. The Labute approximate surface area is 231 Å². The van der Waals surface area contributed by atoms with E-state index in [9.17, 15) is 4.79 Å². The third kappa shape index (κ3) is 5.49. The molecule has 2 aliphatic rings. The average Bonchev–Trinajstić information content (AvgIpc) is 3.42. The Morgan fingerprint density at radius 3 is 2.66 bits per heavy atom. The van der Waals surface area contributed by atoms with Crippen LogP contribution < -0.4 is 19.5 Å². The van der Waals surface area contributed by atoms with Gasteiger partial charge in [-0.3, -0.25) is 4.79 Å². The molecule has 2 aliphatic heterocycles. The van der Waals surface area contributed by atoms with Crippen LogP contribution in [-0.4, -0.2) is 17.9 Å². The maximum atomic E-state index is 12.5. The van der Waals surface area contributed by atoms with Gasteiger partial charge < -0.3 is 19.5 Å². The van der Waals surface area contributed by atoms with Crippen molar-refractivity contribution in [1.29, 1.82) is 0 Å². The Bertz CT molecular complexity index is 1390. The van der Waals surface area contributed by atoms with Crippen LogP contribution in [0, 0.1) is 0 Å². The van der Waals surface area contributed by atoms with Crippen molar-refractivity contribution in [2.24, 2.45) is 4.99 Å². The summed E-state index contributed by atoms with van der Waals surface area (Å²) in [6.45, 7) is 0.574. The van der Waals surface area contributed by atoms with E-state index in [-0.39, 0.29) is 12.7 Å². The van der Waals surface area contributed by atoms with Crippen LogP contribution in [0.5, 0.6) is 17.2 Å². The Balaban J connectivity index is 1.31. The normalized spacial score (nSPS) is 16.7. The Hall–Kier alpha value is -2.17. The van der Waals surface area contributed by atoms with Crippen LogP contribution in [0.25, 0.3) is 6.08 Å². The lowest BCUT2D eigenvalue weighted by Gasteiger charge is -2.12. The van der Waals surface area contributed by atoms with Gasteiger partial charge in [0.05, 0.1) is 29.6 Å². The summed E-state index contributed by atoms with van der Waals surface area (Å²) < 4.78 is 18.3. The van der Waals surface area contributed by atoms with Crippen molar-refractivity contribution in [1.82, 2.24) is 5.32 Å². The number of nitrogens with one attached hydrogen (secondary N) is 1. The number of thioether (sulfide) groups is 1. The van der Waals surface area contributed by atoms with Crippen LogP contribution in [0.2, 0.25) is 10.0 Å². The molecule has 1 amide bonds. The van der Waals surface area contributed by atoms with E-state index in [0.717, 1.165) is 25.8 Å². The van der Waals surface area contributed by atoms with E-state index in [0.29, 0.717) is 43.9 Å². The number of fused-ring (bicyclic) bond motifs is 1. The molecule has 0 atom stereocenters. The Morgan fingerprint density at radius 1 is 1.09 bits per heavy atom. The number of rotatable bonds is 5. The van der Waals surface area contributed by atoms with Gasteiger partial charge in [0.2, 0.25) is 6.79 Å². The number of carbonyl (C=O) groups excluding carboxylic acids is 1. The molecule has 178 valence electrons. The second-order valence-corrected chi connectivity index (χ2v) is 10.9. The van der Waals surface area contributed by atoms with Gasteiger partial charge in [-0.1, -0.05) is 35.3 Å². The average molecular weight is 657 g/mol. The molecule has 3 aromatic carbocycles. The first-order valence-corrected chi connectivity index (χ1v) is 13.3. The molecule has 0 radical (unpaired) electrons. The van der Waals surface area contributed by atoms with E-state index in [1.54, 1.807) is 24.3 Å². The third-order valence-corrected chi connectivity index (χ3v) is 7.84. The summed E-state index contributed by atoms with van der Waals surface area (Å²) >= 11 is 20.6. The maximum absolute atomic E-state index is 12.5. The fraction of sp³-hybridized carbons (Fsp3) is 0.0833. The van der Waals surface area contributed by atoms with Crippen molar-refractivity contribution < 1.29 is 19.0 Å². The molecular formula is C24H14Br2Cl2N2O4S. The summed E-state index contributed by atoms with van der Waals surface area (Å²) in [7, 11) is 0. The number of benzene rings is 3. The highest BCUT2D eigenvalue weighted by Crippen LogP contribution is 2.39. The molecule has 35 heavy (non-hydrogen) atoms. The van der Waals surface area contributed by atoms with E-state index < -0.39 is 0 Å². The number of aliphatic imine (C=N–C) groups is 1. The zero-order valence-corrected chi connectivity index (χ0v) is 23.1. The number of nitrogens with zero attached hydrogens (tertiary/aromatic N) is 1. The number of amides is 1. The minimum absolute atomic E-state index is 0.228. The molecule has 1 N–H and O–H groups in total. The number of halogens is 4. The van der Waals surface area contributed by atoms with E-state index in [2.05, 4.69) is 42.2 Å². The monoisotopic (exact) mass is 654 g/mol. The molecule has 5 rings (SSSR count). The standard InChI is InChI=1S/C24H14Br2Cl2N2O4S/c25-14-6-13(7-15(26)22(14)32-10-12-4-5-18-19(8-12)34-11-33-18)9-20-23(31)30-24(35-20)29-17-3-1-2-16(27)21(17)28/h1-9H,10-11H2,(H,29,30,31)/b20-9-. The maximum Gasteiger partial charge on any atom is 0.264 e. The van der Waals surface area contributed by atoms with Gasteiger partial charge in [-0.2, -0.15) is 0 Å². The van der Waals surface area contributed by atoms with Crippen LogP contribution in [0.15, 0.2) is 67.4 Å². The van der Waals surface area contributed by atoms with Gasteiger partial charge in [0.25, 0.3) is 5.91 Å². The van der Waals surface area contributed by atoms with Crippen LogP contribution in [0.1, 0.15) is 11.1 Å². The van der Waals surface area contributed by atoms with Crippen LogP contribution in [-0.2, 0) is 11.4 Å². The molecule has 1 fully saturated rings. The first kappa shape index (κ1) is 24.5. The summed E-state index contributed by atoms with van der Waals surface area (Å²) in [5.41, 5.74) is 2.24. The van der Waals surface area contributed by atoms with Crippen molar-refractivity contribution in [3.8, 4) is 17.2 Å². The largest absolute Gasteiger partial charge is 0.487 e. The van der Waals surface area contributed by atoms with E-state index in [1.807, 2.05) is 30.3 Å². The smallest absolute Gasteiger partial charge is 0.264 e. The van der Waals surface area contributed by atoms with E-state index >= 15 is 0 Å². The van der Waals surface area contributed by atoms with Crippen molar-refractivity contribution in [2.75, 3.05) is 6.79 Å². The van der Waals surface area contributed by atoms with Crippen molar-refractivity contribution in [3.63, 3.8) is 0 Å². The first-order valence-electron chi connectivity index (χ1n) is 10.1. The quantitative estimate of drug-likeness (QED) is 0.285. The predicted molar refractivity (Wildman–Crippen MR) is 146 cm³/mol. The highest BCUT2D eigenvalue weighted by molar-refractivity contribution is 9.11. The second kappa shape index (κ2) is 10.4. The summed E-state index contributed by atoms with van der Waals surface area (Å²) in [5, 5.41) is 3.91. The van der Waals surface area contributed by atoms with Gasteiger partial charge in [-0.15, -0.1) is 0 Å². The highest BCUT2D eigenvalue weighted by atomic mass is 79.9. The van der Waals surface area contributed by atoms with Crippen LogP contribution in [0.4, 0.5) is 5.69 Å². The fourth-order valence-corrected chi connectivity index (χ4v) is 5.93. The minimum atomic E-state index is -0.248. The van der Waals surface area contributed by atoms with Crippen molar-refractivity contribution >= 4 is 89.7 Å². The fourth-order valence-electron chi connectivity index (χ4n) is 3.31. The van der Waals surface area contributed by atoms with Crippen LogP contribution >= 0.6 is 66.8 Å². The molecule has 0 bridgehead atoms. The van der Waals surface area contributed by atoms with Gasteiger partial charge in [-0.25, -0.2) is 4.99 Å². The molecule has 0 spiro atoms. The summed E-state index contributed by atoms with van der Waals surface area (Å²) in [6.07, 6.45) is 1.78. The molecule has 11 heteroatoms. The number of carbonyl (C=O) groups is 1. The van der Waals surface area contributed by atoms with Gasteiger partial charge in [0.15, 0.2) is 16.7 Å². The molecule has 0 aliphatic carbocycles. The van der Waals surface area contributed by atoms with Crippen LogP contribution in [0.3, 0.4) is 0 Å². The second-order valence-electron chi connectivity index (χ2n) is 7.34. The van der Waals surface area contributed by atoms with Gasteiger partial charge in [0, 0.05) is 0 Å². The predicted octanol–water partition coefficient (Wildman–Crippen LogP) is 7.72. The number of hydrogen-bond acceptors (Lipinski definition) is 6. The van der Waals surface area contributed by atoms with E-state index in [4.69, 9.17) is 37.4 Å². The number of hydrogen-bond donors (Lipinski definition) is 1. The molecule has 0 aromatic heterocycles. The zero-order chi connectivity index (χ0) is 24.5. The van der Waals surface area contributed by atoms with E-state index in [1.165, 1.54) is 11.8 Å².